The molecule has 0 spiro atoms. The molecule has 2 N–H and O–H groups in total. The number of hydrogen-bond acceptors (Lipinski definition) is 1. The first-order valence-corrected chi connectivity index (χ1v) is 8.53. The van der Waals surface area contributed by atoms with Gasteiger partial charge in [0.2, 0.25) is 5.91 Å². The van der Waals surface area contributed by atoms with Crippen molar-refractivity contribution in [2.45, 2.75) is 20.3 Å². The Kier molecular flexibility index (Phi) is 5.35. The molecule has 0 bridgehead atoms. The molecule has 0 atom stereocenters. The summed E-state index contributed by atoms with van der Waals surface area (Å²) in [6.07, 6.45) is 3.10. The van der Waals surface area contributed by atoms with Crippen LogP contribution < -0.4 is 5.32 Å². The number of aromatic amines is 1. The Morgan fingerprint density at radius 1 is 1.11 bits per heavy atom. The lowest BCUT2D eigenvalue weighted by Gasteiger charge is -2.05. The number of aryl methyl sites for hydroxylation is 2. The van der Waals surface area contributed by atoms with Gasteiger partial charge in [0.15, 0.2) is 0 Å². The van der Waals surface area contributed by atoms with Gasteiger partial charge in [0.05, 0.1) is 5.52 Å². The maximum absolute atomic E-state index is 14.0. The van der Waals surface area contributed by atoms with E-state index in [1.807, 2.05) is 13.8 Å². The van der Waals surface area contributed by atoms with E-state index in [1.54, 1.807) is 6.07 Å². The molecule has 3 nitrogen and oxygen atoms in total. The second-order valence-electron chi connectivity index (χ2n) is 6.42. The molecule has 3 aromatic rings. The van der Waals surface area contributed by atoms with Gasteiger partial charge in [-0.1, -0.05) is 6.07 Å². The molecule has 0 unspecified atom stereocenters. The van der Waals surface area contributed by atoms with Crippen molar-refractivity contribution in [1.82, 2.24) is 10.3 Å². The van der Waals surface area contributed by atoms with Gasteiger partial charge in [-0.15, -0.1) is 0 Å². The number of carbonyl (C=O) groups is 1. The highest BCUT2D eigenvalue weighted by Gasteiger charge is 2.13. The molecule has 0 aliphatic heterocycles. The number of aromatic nitrogens is 1. The SMILES string of the molecule is Cc1[nH]c2c(F)ccc(C)c2c1CCNC(=O)/C=C/c1cc(F)cc(F)c1. The summed E-state index contributed by atoms with van der Waals surface area (Å²) in [5.41, 5.74) is 3.52. The number of carbonyl (C=O) groups excluding carboxylic acids is 1. The van der Waals surface area contributed by atoms with E-state index in [9.17, 15) is 18.0 Å². The molecule has 0 aliphatic carbocycles. The van der Waals surface area contributed by atoms with E-state index in [-0.39, 0.29) is 17.3 Å². The predicted octanol–water partition coefficient (Wildman–Crippen LogP) is 4.57. The first kappa shape index (κ1) is 18.8. The molecule has 140 valence electrons. The normalized spacial score (nSPS) is 11.4. The third-order valence-electron chi connectivity index (χ3n) is 4.42. The molecule has 0 radical (unpaired) electrons. The lowest BCUT2D eigenvalue weighted by atomic mass is 10.0. The zero-order valence-corrected chi connectivity index (χ0v) is 15.0. The Morgan fingerprint density at radius 3 is 2.52 bits per heavy atom. The van der Waals surface area contributed by atoms with Crippen LogP contribution >= 0.6 is 0 Å². The number of rotatable bonds is 5. The van der Waals surface area contributed by atoms with Gasteiger partial charge in [-0.05, 0) is 61.2 Å². The smallest absolute Gasteiger partial charge is 0.244 e. The molecular weight excluding hydrogens is 353 g/mol. The summed E-state index contributed by atoms with van der Waals surface area (Å²) in [4.78, 5) is 15.0. The van der Waals surface area contributed by atoms with Crippen LogP contribution in [-0.2, 0) is 11.2 Å². The van der Waals surface area contributed by atoms with Crippen LogP contribution in [0, 0.1) is 31.3 Å². The quantitative estimate of drug-likeness (QED) is 0.633. The third kappa shape index (κ3) is 4.22. The van der Waals surface area contributed by atoms with E-state index in [1.165, 1.54) is 18.2 Å². The highest BCUT2D eigenvalue weighted by atomic mass is 19.1. The fraction of sp³-hybridized carbons (Fsp3) is 0.190. The van der Waals surface area contributed by atoms with Gasteiger partial charge >= 0.3 is 0 Å². The summed E-state index contributed by atoms with van der Waals surface area (Å²) < 4.78 is 40.2. The van der Waals surface area contributed by atoms with Crippen LogP contribution in [0.25, 0.3) is 17.0 Å². The number of fused-ring (bicyclic) bond motifs is 1. The monoisotopic (exact) mass is 372 g/mol. The topological polar surface area (TPSA) is 44.9 Å². The van der Waals surface area contributed by atoms with Crippen molar-refractivity contribution in [3.63, 3.8) is 0 Å². The second kappa shape index (κ2) is 7.70. The maximum Gasteiger partial charge on any atom is 0.244 e. The predicted molar refractivity (Wildman–Crippen MR) is 99.8 cm³/mol. The molecule has 3 rings (SSSR count). The molecule has 6 heteroatoms. The molecule has 1 heterocycles. The Morgan fingerprint density at radius 2 is 1.81 bits per heavy atom. The van der Waals surface area contributed by atoms with Gasteiger partial charge in [-0.25, -0.2) is 13.2 Å². The third-order valence-corrected chi connectivity index (χ3v) is 4.42. The number of H-pyrrole nitrogens is 1. The van der Waals surface area contributed by atoms with Crippen LogP contribution in [-0.4, -0.2) is 17.4 Å². The minimum absolute atomic E-state index is 0.265. The zero-order chi connectivity index (χ0) is 19.6. The Bertz CT molecular complexity index is 1020. The number of hydrogen-bond donors (Lipinski definition) is 2. The van der Waals surface area contributed by atoms with E-state index < -0.39 is 11.6 Å². The van der Waals surface area contributed by atoms with E-state index >= 15 is 0 Å². The second-order valence-corrected chi connectivity index (χ2v) is 6.42. The van der Waals surface area contributed by atoms with Gasteiger partial charge < -0.3 is 10.3 Å². The first-order valence-electron chi connectivity index (χ1n) is 8.53. The maximum atomic E-state index is 14.0. The molecule has 1 aromatic heterocycles. The Balaban J connectivity index is 1.65. The number of benzene rings is 2. The van der Waals surface area contributed by atoms with Crippen molar-refractivity contribution in [2.24, 2.45) is 0 Å². The van der Waals surface area contributed by atoms with Crippen molar-refractivity contribution < 1.29 is 18.0 Å². The molecule has 0 aliphatic rings. The van der Waals surface area contributed by atoms with Gasteiger partial charge in [0, 0.05) is 29.8 Å². The summed E-state index contributed by atoms with van der Waals surface area (Å²) in [5, 5.41) is 3.57. The van der Waals surface area contributed by atoms with Gasteiger partial charge in [-0.3, -0.25) is 4.79 Å². The lowest BCUT2D eigenvalue weighted by Crippen LogP contribution is -2.23. The lowest BCUT2D eigenvalue weighted by molar-refractivity contribution is -0.116. The minimum Gasteiger partial charge on any atom is -0.356 e. The zero-order valence-electron chi connectivity index (χ0n) is 15.0. The van der Waals surface area contributed by atoms with Crippen LogP contribution in [0.3, 0.4) is 0 Å². The number of amides is 1. The summed E-state index contributed by atoms with van der Waals surface area (Å²) in [5.74, 6) is -2.08. The van der Waals surface area contributed by atoms with E-state index in [4.69, 9.17) is 0 Å². The molecule has 27 heavy (non-hydrogen) atoms. The number of halogens is 3. The van der Waals surface area contributed by atoms with Gasteiger partial charge in [0.1, 0.15) is 17.5 Å². The molecule has 0 saturated heterocycles. The van der Waals surface area contributed by atoms with Gasteiger partial charge in [-0.2, -0.15) is 0 Å². The van der Waals surface area contributed by atoms with Crippen molar-refractivity contribution in [2.75, 3.05) is 6.54 Å². The molecule has 0 saturated carbocycles. The van der Waals surface area contributed by atoms with E-state index in [0.29, 0.717) is 18.5 Å². The van der Waals surface area contributed by atoms with Crippen LogP contribution in [0.4, 0.5) is 13.2 Å². The average Bonchev–Trinajstić information content (AvgIpc) is 2.93. The largest absolute Gasteiger partial charge is 0.356 e. The fourth-order valence-corrected chi connectivity index (χ4v) is 3.17. The van der Waals surface area contributed by atoms with Crippen LogP contribution in [0.1, 0.15) is 22.4 Å². The molecular formula is C21H19F3N2O. The highest BCUT2D eigenvalue weighted by Crippen LogP contribution is 2.27. The minimum atomic E-state index is -0.701. The van der Waals surface area contributed by atoms with Crippen LogP contribution in [0.15, 0.2) is 36.4 Å². The van der Waals surface area contributed by atoms with Crippen molar-refractivity contribution in [3.8, 4) is 0 Å². The fourth-order valence-electron chi connectivity index (χ4n) is 3.17. The van der Waals surface area contributed by atoms with Crippen LogP contribution in [0.2, 0.25) is 0 Å². The summed E-state index contributed by atoms with van der Waals surface area (Å²) in [6.45, 7) is 4.14. The first-order chi connectivity index (χ1) is 12.8. The summed E-state index contributed by atoms with van der Waals surface area (Å²) >= 11 is 0. The summed E-state index contributed by atoms with van der Waals surface area (Å²) in [7, 11) is 0. The molecule has 0 fully saturated rings. The van der Waals surface area contributed by atoms with E-state index in [0.717, 1.165) is 40.4 Å². The van der Waals surface area contributed by atoms with Gasteiger partial charge in [0.25, 0.3) is 0 Å². The molecule has 1 amide bonds. The highest BCUT2D eigenvalue weighted by molar-refractivity contribution is 5.92. The van der Waals surface area contributed by atoms with Crippen molar-refractivity contribution in [1.29, 1.82) is 0 Å². The van der Waals surface area contributed by atoms with Crippen molar-refractivity contribution >= 4 is 22.9 Å². The van der Waals surface area contributed by atoms with Crippen LogP contribution in [0.5, 0.6) is 0 Å². The Labute approximate surface area is 154 Å². The average molecular weight is 372 g/mol. The van der Waals surface area contributed by atoms with E-state index in [2.05, 4.69) is 10.3 Å². The standard InChI is InChI=1S/C21H19F3N2O/c1-12-3-5-18(24)21-20(12)17(13(2)26-21)7-8-25-19(27)6-4-14-9-15(22)11-16(23)10-14/h3-6,9-11,26H,7-8H2,1-2H3,(H,25,27)/b6-4+. The number of nitrogens with one attached hydrogen (secondary N) is 2. The molecule has 2 aromatic carbocycles. The Hall–Kier alpha value is -3.02. The van der Waals surface area contributed by atoms with Crippen molar-refractivity contribution in [3.05, 3.63) is 76.2 Å². The summed E-state index contributed by atoms with van der Waals surface area (Å²) in [6, 6.07) is 6.21.